The average molecular weight is 261 g/mol. The van der Waals surface area contributed by atoms with Gasteiger partial charge in [-0.3, -0.25) is 9.59 Å². The number of hydrogen-bond donors (Lipinski definition) is 2. The van der Waals surface area contributed by atoms with Gasteiger partial charge in [0, 0.05) is 12.3 Å². The smallest absolute Gasteiger partial charge is 0.303 e. The highest BCUT2D eigenvalue weighted by atomic mass is 16.4. The minimum atomic E-state index is -0.838. The molecule has 1 fully saturated rings. The molecule has 102 valence electrons. The Labute approximate surface area is 112 Å². The maximum Gasteiger partial charge on any atom is 0.303 e. The van der Waals surface area contributed by atoms with E-state index in [-0.39, 0.29) is 24.3 Å². The number of aliphatic carboxylic acids is 1. The molecule has 1 aliphatic rings. The summed E-state index contributed by atoms with van der Waals surface area (Å²) < 4.78 is 0. The molecule has 1 saturated carbocycles. The van der Waals surface area contributed by atoms with Crippen molar-refractivity contribution in [3.05, 3.63) is 35.9 Å². The largest absolute Gasteiger partial charge is 0.481 e. The molecule has 4 heteroatoms. The van der Waals surface area contributed by atoms with E-state index in [0.717, 1.165) is 12.0 Å². The maximum atomic E-state index is 12.0. The van der Waals surface area contributed by atoms with Crippen molar-refractivity contribution < 1.29 is 14.7 Å². The highest BCUT2D eigenvalue weighted by Crippen LogP contribution is 2.38. The van der Waals surface area contributed by atoms with Crippen LogP contribution in [-0.4, -0.2) is 17.0 Å². The van der Waals surface area contributed by atoms with E-state index in [1.165, 1.54) is 0 Å². The van der Waals surface area contributed by atoms with Gasteiger partial charge in [0.15, 0.2) is 0 Å². The van der Waals surface area contributed by atoms with Gasteiger partial charge in [-0.1, -0.05) is 37.3 Å². The summed E-state index contributed by atoms with van der Waals surface area (Å²) in [6.07, 6.45) is 1.42. The molecule has 3 atom stereocenters. The number of benzene rings is 1. The fraction of sp³-hybridized carbons (Fsp3) is 0.467. The summed E-state index contributed by atoms with van der Waals surface area (Å²) >= 11 is 0. The number of carboxylic acid groups (broad SMARTS) is 1. The summed E-state index contributed by atoms with van der Waals surface area (Å²) in [6, 6.07) is 9.33. The van der Waals surface area contributed by atoms with Gasteiger partial charge in [0.25, 0.3) is 0 Å². The highest BCUT2D eigenvalue weighted by molar-refractivity contribution is 5.81. The molecular weight excluding hydrogens is 242 g/mol. The Kier molecular flexibility index (Phi) is 4.20. The number of carbonyl (C=O) groups is 2. The molecule has 0 aromatic heterocycles. The van der Waals surface area contributed by atoms with Crippen molar-refractivity contribution in [2.75, 3.05) is 0 Å². The Bertz CT molecular complexity index is 458. The highest BCUT2D eigenvalue weighted by Gasteiger charge is 2.39. The van der Waals surface area contributed by atoms with Crippen molar-refractivity contribution >= 4 is 11.9 Å². The van der Waals surface area contributed by atoms with Crippen molar-refractivity contribution in [1.29, 1.82) is 0 Å². The lowest BCUT2D eigenvalue weighted by Crippen LogP contribution is -2.30. The van der Waals surface area contributed by atoms with Gasteiger partial charge in [0.2, 0.25) is 5.91 Å². The third-order valence-electron chi connectivity index (χ3n) is 3.61. The van der Waals surface area contributed by atoms with E-state index in [2.05, 4.69) is 12.2 Å². The van der Waals surface area contributed by atoms with E-state index in [1.807, 2.05) is 30.3 Å². The molecule has 1 amide bonds. The van der Waals surface area contributed by atoms with Crippen LogP contribution in [0.5, 0.6) is 0 Å². The van der Waals surface area contributed by atoms with Crippen LogP contribution in [0.2, 0.25) is 0 Å². The number of rotatable bonds is 6. The van der Waals surface area contributed by atoms with Crippen molar-refractivity contribution in [3.8, 4) is 0 Å². The Morgan fingerprint density at radius 2 is 2.00 bits per heavy atom. The number of carboxylic acids is 1. The molecule has 0 aliphatic heterocycles. The van der Waals surface area contributed by atoms with E-state index in [1.54, 1.807) is 0 Å². The van der Waals surface area contributed by atoms with Gasteiger partial charge in [-0.05, 0) is 24.3 Å². The van der Waals surface area contributed by atoms with Crippen LogP contribution in [0.1, 0.15) is 37.8 Å². The zero-order chi connectivity index (χ0) is 13.8. The van der Waals surface area contributed by atoms with Gasteiger partial charge in [-0.2, -0.15) is 0 Å². The van der Waals surface area contributed by atoms with Crippen LogP contribution in [0.3, 0.4) is 0 Å². The standard InChI is InChI=1S/C15H19NO3/c1-10-9-12(10)15(19)16-13(7-8-14(17)18)11-5-3-2-4-6-11/h2-6,10,12-13H,7-9H2,1H3,(H,16,19)(H,17,18)/t10-,12+,13+/m1/s1. The lowest BCUT2D eigenvalue weighted by Gasteiger charge is -2.18. The van der Waals surface area contributed by atoms with Gasteiger partial charge in [-0.15, -0.1) is 0 Å². The van der Waals surface area contributed by atoms with Crippen LogP contribution in [0.15, 0.2) is 30.3 Å². The normalized spacial score (nSPS) is 22.6. The lowest BCUT2D eigenvalue weighted by atomic mass is 10.0. The second-order valence-electron chi connectivity index (χ2n) is 5.22. The van der Waals surface area contributed by atoms with Crippen LogP contribution < -0.4 is 5.32 Å². The minimum absolute atomic E-state index is 0.0479. The first kappa shape index (κ1) is 13.6. The third kappa shape index (κ3) is 3.81. The molecule has 2 N–H and O–H groups in total. The molecule has 1 aliphatic carbocycles. The second kappa shape index (κ2) is 5.87. The quantitative estimate of drug-likeness (QED) is 0.826. The van der Waals surface area contributed by atoms with Crippen molar-refractivity contribution in [3.63, 3.8) is 0 Å². The molecule has 0 heterocycles. The molecule has 4 nitrogen and oxygen atoms in total. The van der Waals surface area contributed by atoms with Crippen LogP contribution in [0.25, 0.3) is 0 Å². The molecule has 0 bridgehead atoms. The fourth-order valence-electron chi connectivity index (χ4n) is 2.24. The predicted molar refractivity (Wildman–Crippen MR) is 71.5 cm³/mol. The van der Waals surface area contributed by atoms with Crippen LogP contribution in [0, 0.1) is 11.8 Å². The molecule has 0 radical (unpaired) electrons. The van der Waals surface area contributed by atoms with Gasteiger partial charge in [-0.25, -0.2) is 0 Å². The zero-order valence-corrected chi connectivity index (χ0v) is 11.0. The molecule has 0 unspecified atom stereocenters. The fourth-order valence-corrected chi connectivity index (χ4v) is 2.24. The lowest BCUT2D eigenvalue weighted by molar-refractivity contribution is -0.137. The van der Waals surface area contributed by atoms with Gasteiger partial charge >= 0.3 is 5.97 Å². The van der Waals surface area contributed by atoms with Gasteiger partial charge in [0.1, 0.15) is 0 Å². The SMILES string of the molecule is C[C@@H]1C[C@@H]1C(=O)N[C@@H](CCC(=O)O)c1ccccc1. The maximum absolute atomic E-state index is 12.0. The van der Waals surface area contributed by atoms with Crippen molar-refractivity contribution in [2.45, 2.75) is 32.2 Å². The number of nitrogens with one attached hydrogen (secondary N) is 1. The van der Waals surface area contributed by atoms with E-state index in [4.69, 9.17) is 5.11 Å². The molecule has 1 aromatic carbocycles. The molecule has 19 heavy (non-hydrogen) atoms. The number of amides is 1. The summed E-state index contributed by atoms with van der Waals surface area (Å²) in [4.78, 5) is 22.7. The summed E-state index contributed by atoms with van der Waals surface area (Å²) in [5.74, 6) is -0.228. The van der Waals surface area contributed by atoms with Crippen LogP contribution in [0.4, 0.5) is 0 Å². The Hall–Kier alpha value is -1.84. The van der Waals surface area contributed by atoms with E-state index in [9.17, 15) is 9.59 Å². The van der Waals surface area contributed by atoms with E-state index >= 15 is 0 Å². The van der Waals surface area contributed by atoms with Gasteiger partial charge < -0.3 is 10.4 Å². The summed E-state index contributed by atoms with van der Waals surface area (Å²) in [5, 5.41) is 11.8. The average Bonchev–Trinajstić information content (AvgIpc) is 3.12. The van der Waals surface area contributed by atoms with Gasteiger partial charge in [0.05, 0.1) is 6.04 Å². The first-order chi connectivity index (χ1) is 9.08. The molecule has 2 rings (SSSR count). The van der Waals surface area contributed by atoms with Crippen molar-refractivity contribution in [1.82, 2.24) is 5.32 Å². The number of carbonyl (C=O) groups excluding carboxylic acids is 1. The number of hydrogen-bond acceptors (Lipinski definition) is 2. The van der Waals surface area contributed by atoms with E-state index in [0.29, 0.717) is 12.3 Å². The first-order valence-corrected chi connectivity index (χ1v) is 6.65. The predicted octanol–water partition coefficient (Wildman–Crippen LogP) is 2.36. The van der Waals surface area contributed by atoms with Crippen LogP contribution >= 0.6 is 0 Å². The van der Waals surface area contributed by atoms with E-state index < -0.39 is 5.97 Å². The summed E-state index contributed by atoms with van der Waals surface area (Å²) in [7, 11) is 0. The monoisotopic (exact) mass is 261 g/mol. The summed E-state index contributed by atoms with van der Waals surface area (Å²) in [5.41, 5.74) is 0.963. The molecule has 0 saturated heterocycles. The molecule has 0 spiro atoms. The topological polar surface area (TPSA) is 66.4 Å². The third-order valence-corrected chi connectivity index (χ3v) is 3.61. The first-order valence-electron chi connectivity index (χ1n) is 6.65. The van der Waals surface area contributed by atoms with Crippen LogP contribution in [-0.2, 0) is 9.59 Å². The molecule has 1 aromatic rings. The zero-order valence-electron chi connectivity index (χ0n) is 11.0. The molecular formula is C15H19NO3. The Balaban J connectivity index is 2.01. The second-order valence-corrected chi connectivity index (χ2v) is 5.22. The Morgan fingerprint density at radius 1 is 1.37 bits per heavy atom. The summed E-state index contributed by atoms with van der Waals surface area (Å²) in [6.45, 7) is 2.05. The Morgan fingerprint density at radius 3 is 2.53 bits per heavy atom. The minimum Gasteiger partial charge on any atom is -0.481 e. The van der Waals surface area contributed by atoms with Crippen molar-refractivity contribution in [2.24, 2.45) is 11.8 Å².